The molecule has 1 N–H and O–H groups in total. The average Bonchev–Trinajstić information content (AvgIpc) is 2.75. The maximum absolute atomic E-state index is 12.6. The summed E-state index contributed by atoms with van der Waals surface area (Å²) in [6.45, 7) is 5.43. The minimum absolute atomic E-state index is 0.124. The van der Waals surface area contributed by atoms with Crippen LogP contribution in [-0.2, 0) is 0 Å². The lowest BCUT2D eigenvalue weighted by molar-refractivity contribution is 0.102. The zero-order valence-corrected chi connectivity index (χ0v) is 15.9. The van der Waals surface area contributed by atoms with Crippen LogP contribution in [0.15, 0.2) is 67.0 Å². The summed E-state index contributed by atoms with van der Waals surface area (Å²) in [7, 11) is 0. The summed E-state index contributed by atoms with van der Waals surface area (Å²) in [6, 6.07) is 17.4. The van der Waals surface area contributed by atoms with E-state index in [0.717, 1.165) is 49.1 Å². The van der Waals surface area contributed by atoms with E-state index in [1.807, 2.05) is 61.7 Å². The van der Waals surface area contributed by atoms with Gasteiger partial charge >= 0.3 is 0 Å². The lowest BCUT2D eigenvalue weighted by Gasteiger charge is -2.36. The zero-order chi connectivity index (χ0) is 19.3. The normalized spacial score (nSPS) is 14.0. The van der Waals surface area contributed by atoms with Gasteiger partial charge in [-0.1, -0.05) is 18.2 Å². The summed E-state index contributed by atoms with van der Waals surface area (Å²) in [4.78, 5) is 26.0. The summed E-state index contributed by atoms with van der Waals surface area (Å²) in [5, 5.41) is 2.96. The van der Waals surface area contributed by atoms with E-state index < -0.39 is 0 Å². The molecule has 0 saturated carbocycles. The molecule has 1 fully saturated rings. The van der Waals surface area contributed by atoms with Crippen LogP contribution in [0.2, 0.25) is 0 Å². The Kier molecular flexibility index (Phi) is 5.19. The van der Waals surface area contributed by atoms with Crippen LogP contribution in [0.5, 0.6) is 0 Å². The van der Waals surface area contributed by atoms with Crippen LogP contribution in [0.3, 0.4) is 0 Å². The van der Waals surface area contributed by atoms with Crippen LogP contribution in [0.25, 0.3) is 0 Å². The van der Waals surface area contributed by atoms with E-state index in [1.54, 1.807) is 12.3 Å². The number of hydrogen-bond donors (Lipinski definition) is 1. The summed E-state index contributed by atoms with van der Waals surface area (Å²) >= 11 is 0. The Bertz CT molecular complexity index is 952. The van der Waals surface area contributed by atoms with Crippen molar-refractivity contribution in [3.05, 3.63) is 78.1 Å². The van der Waals surface area contributed by atoms with Crippen LogP contribution >= 0.6 is 0 Å². The number of aromatic nitrogens is 2. The number of piperazine rings is 1. The molecule has 3 aromatic rings. The van der Waals surface area contributed by atoms with Crippen molar-refractivity contribution in [3.8, 4) is 0 Å². The highest BCUT2D eigenvalue weighted by Gasteiger charge is 2.19. The van der Waals surface area contributed by atoms with E-state index in [1.165, 1.54) is 0 Å². The molecule has 142 valence electrons. The maximum atomic E-state index is 12.6. The second-order valence-corrected chi connectivity index (χ2v) is 6.89. The monoisotopic (exact) mass is 373 g/mol. The number of carbonyl (C=O) groups is 1. The lowest BCUT2D eigenvalue weighted by Crippen LogP contribution is -2.47. The number of aryl methyl sites for hydroxylation is 1. The third kappa shape index (κ3) is 4.11. The van der Waals surface area contributed by atoms with Gasteiger partial charge in [-0.3, -0.25) is 4.79 Å². The lowest BCUT2D eigenvalue weighted by atomic mass is 10.2. The summed E-state index contributed by atoms with van der Waals surface area (Å²) in [5.41, 5.74) is 2.52. The van der Waals surface area contributed by atoms with Crippen molar-refractivity contribution >= 4 is 23.2 Å². The third-order valence-corrected chi connectivity index (χ3v) is 4.86. The molecule has 3 heterocycles. The van der Waals surface area contributed by atoms with Gasteiger partial charge in [0.1, 0.15) is 11.6 Å². The molecule has 0 radical (unpaired) electrons. The molecule has 0 unspecified atom stereocenters. The zero-order valence-electron chi connectivity index (χ0n) is 15.9. The molecule has 1 saturated heterocycles. The van der Waals surface area contributed by atoms with Crippen LogP contribution in [0.1, 0.15) is 15.9 Å². The molecule has 6 nitrogen and oxygen atoms in total. The van der Waals surface area contributed by atoms with Gasteiger partial charge in [0.05, 0.1) is 0 Å². The molecule has 28 heavy (non-hydrogen) atoms. The van der Waals surface area contributed by atoms with Gasteiger partial charge in [0.15, 0.2) is 0 Å². The molecular formula is C22H23N5O. The Balaban J connectivity index is 1.42. The fourth-order valence-electron chi connectivity index (χ4n) is 3.36. The van der Waals surface area contributed by atoms with Crippen molar-refractivity contribution in [2.24, 2.45) is 0 Å². The number of carbonyl (C=O) groups excluding carboxylic acids is 1. The Hall–Kier alpha value is -3.41. The van der Waals surface area contributed by atoms with Crippen molar-refractivity contribution in [3.63, 3.8) is 0 Å². The van der Waals surface area contributed by atoms with E-state index in [-0.39, 0.29) is 5.91 Å². The Morgan fingerprint density at radius 2 is 1.61 bits per heavy atom. The van der Waals surface area contributed by atoms with Gasteiger partial charge in [-0.15, -0.1) is 0 Å². The largest absolute Gasteiger partial charge is 0.353 e. The number of nitrogens with zero attached hydrogens (tertiary/aromatic N) is 4. The molecule has 1 aromatic carbocycles. The molecule has 0 atom stereocenters. The number of rotatable bonds is 4. The number of amides is 1. The second-order valence-electron chi connectivity index (χ2n) is 6.89. The van der Waals surface area contributed by atoms with E-state index in [4.69, 9.17) is 0 Å². The molecule has 0 spiro atoms. The van der Waals surface area contributed by atoms with Crippen molar-refractivity contribution in [1.29, 1.82) is 0 Å². The Morgan fingerprint density at radius 3 is 2.32 bits per heavy atom. The van der Waals surface area contributed by atoms with Gasteiger partial charge in [-0.05, 0) is 48.9 Å². The number of nitrogens with one attached hydrogen (secondary N) is 1. The first-order valence-corrected chi connectivity index (χ1v) is 9.44. The topological polar surface area (TPSA) is 61.4 Å². The van der Waals surface area contributed by atoms with Crippen LogP contribution in [0.4, 0.5) is 17.3 Å². The first-order valence-electron chi connectivity index (χ1n) is 9.44. The average molecular weight is 373 g/mol. The highest BCUT2D eigenvalue weighted by Crippen LogP contribution is 2.19. The highest BCUT2D eigenvalue weighted by molar-refractivity contribution is 6.04. The number of pyridine rings is 2. The Morgan fingerprint density at radius 1 is 0.857 bits per heavy atom. The number of anilines is 3. The van der Waals surface area contributed by atoms with Crippen LogP contribution in [0, 0.1) is 6.92 Å². The van der Waals surface area contributed by atoms with E-state index in [2.05, 4.69) is 25.1 Å². The first-order chi connectivity index (χ1) is 13.7. The van der Waals surface area contributed by atoms with E-state index in [0.29, 0.717) is 5.56 Å². The standard InChI is InChI=1S/C22H23N5O/c1-17-5-4-6-19(15-17)25-22(28)18-8-10-24-21(16-18)27-13-11-26(12-14-27)20-7-2-3-9-23-20/h2-10,15-16H,11-14H2,1H3,(H,25,28). The molecule has 1 aliphatic heterocycles. The van der Waals surface area contributed by atoms with Gasteiger partial charge in [0.25, 0.3) is 5.91 Å². The van der Waals surface area contributed by atoms with Crippen molar-refractivity contribution in [2.45, 2.75) is 6.92 Å². The predicted octanol–water partition coefficient (Wildman–Crippen LogP) is 3.36. The molecule has 1 aliphatic rings. The molecule has 0 bridgehead atoms. The number of benzene rings is 1. The fourth-order valence-corrected chi connectivity index (χ4v) is 3.36. The minimum atomic E-state index is -0.124. The minimum Gasteiger partial charge on any atom is -0.353 e. The predicted molar refractivity (Wildman–Crippen MR) is 112 cm³/mol. The summed E-state index contributed by atoms with van der Waals surface area (Å²) in [6.07, 6.45) is 3.52. The van der Waals surface area contributed by atoms with Crippen LogP contribution < -0.4 is 15.1 Å². The van der Waals surface area contributed by atoms with Crippen molar-refractivity contribution in [2.75, 3.05) is 41.3 Å². The van der Waals surface area contributed by atoms with Gasteiger partial charge < -0.3 is 15.1 Å². The summed E-state index contributed by atoms with van der Waals surface area (Å²) < 4.78 is 0. The quantitative estimate of drug-likeness (QED) is 0.760. The van der Waals surface area contributed by atoms with E-state index >= 15 is 0 Å². The smallest absolute Gasteiger partial charge is 0.255 e. The Labute approximate surface area is 164 Å². The molecule has 0 aliphatic carbocycles. The molecule has 6 heteroatoms. The highest BCUT2D eigenvalue weighted by atomic mass is 16.1. The van der Waals surface area contributed by atoms with Crippen molar-refractivity contribution in [1.82, 2.24) is 9.97 Å². The van der Waals surface area contributed by atoms with Gasteiger partial charge in [-0.25, -0.2) is 9.97 Å². The maximum Gasteiger partial charge on any atom is 0.255 e. The van der Waals surface area contributed by atoms with Gasteiger partial charge in [0, 0.05) is 49.8 Å². The van der Waals surface area contributed by atoms with Gasteiger partial charge in [0.2, 0.25) is 0 Å². The fraction of sp³-hybridized carbons (Fsp3) is 0.227. The second kappa shape index (κ2) is 8.08. The molecule has 2 aromatic heterocycles. The molecular weight excluding hydrogens is 350 g/mol. The first kappa shape index (κ1) is 18.0. The SMILES string of the molecule is Cc1cccc(NC(=O)c2ccnc(N3CCN(c4ccccn4)CC3)c2)c1. The van der Waals surface area contributed by atoms with Gasteiger partial charge in [-0.2, -0.15) is 0 Å². The summed E-state index contributed by atoms with van der Waals surface area (Å²) in [5.74, 6) is 1.71. The third-order valence-electron chi connectivity index (χ3n) is 4.86. The molecule has 1 amide bonds. The van der Waals surface area contributed by atoms with Crippen molar-refractivity contribution < 1.29 is 4.79 Å². The number of hydrogen-bond acceptors (Lipinski definition) is 5. The molecule has 4 rings (SSSR count). The van der Waals surface area contributed by atoms with Crippen LogP contribution in [-0.4, -0.2) is 42.1 Å². The van der Waals surface area contributed by atoms with E-state index in [9.17, 15) is 4.79 Å².